The molecule has 0 spiro atoms. The Balaban J connectivity index is 1.49. The van der Waals surface area contributed by atoms with Gasteiger partial charge in [0, 0.05) is 38.8 Å². The lowest BCUT2D eigenvalue weighted by Gasteiger charge is -2.36. The van der Waals surface area contributed by atoms with E-state index in [4.69, 9.17) is 4.42 Å². The Morgan fingerprint density at radius 2 is 1.79 bits per heavy atom. The number of aromatic nitrogens is 1. The van der Waals surface area contributed by atoms with Crippen molar-refractivity contribution < 1.29 is 12.8 Å². The first-order chi connectivity index (χ1) is 13.3. The van der Waals surface area contributed by atoms with E-state index in [9.17, 15) is 8.42 Å². The van der Waals surface area contributed by atoms with Crippen LogP contribution in [-0.2, 0) is 10.0 Å². The molecular weight excluding hydrogens is 394 g/mol. The molecule has 1 aliphatic heterocycles. The van der Waals surface area contributed by atoms with Crippen molar-refractivity contribution in [3.8, 4) is 10.6 Å². The first-order valence-electron chi connectivity index (χ1n) is 9.19. The van der Waals surface area contributed by atoms with Crippen molar-refractivity contribution in [3.63, 3.8) is 0 Å². The Kier molecular flexibility index (Phi) is 5.03. The Morgan fingerprint density at radius 3 is 2.46 bits per heavy atom. The van der Waals surface area contributed by atoms with Crippen LogP contribution in [0.2, 0.25) is 0 Å². The molecule has 0 N–H and O–H groups in total. The molecule has 2 aromatic heterocycles. The van der Waals surface area contributed by atoms with E-state index in [0.29, 0.717) is 42.0 Å². The summed E-state index contributed by atoms with van der Waals surface area (Å²) < 4.78 is 33.6. The molecule has 0 unspecified atom stereocenters. The number of rotatable bonds is 4. The third kappa shape index (κ3) is 3.59. The normalized spacial score (nSPS) is 15.9. The number of benzene rings is 1. The van der Waals surface area contributed by atoms with Gasteiger partial charge >= 0.3 is 0 Å². The maximum Gasteiger partial charge on any atom is 0.252 e. The summed E-state index contributed by atoms with van der Waals surface area (Å²) in [5.74, 6) is 1.17. The Labute approximate surface area is 169 Å². The number of aryl methyl sites for hydroxylation is 3. The molecule has 1 aromatic carbocycles. The van der Waals surface area contributed by atoms with Crippen molar-refractivity contribution in [1.29, 1.82) is 0 Å². The van der Waals surface area contributed by atoms with Crippen LogP contribution in [0.15, 0.2) is 45.2 Å². The molecule has 3 heterocycles. The Hall–Kier alpha value is -2.16. The number of piperazine rings is 1. The average Bonchev–Trinajstić information content (AvgIpc) is 3.33. The average molecular weight is 418 g/mol. The maximum absolute atomic E-state index is 13.1. The van der Waals surface area contributed by atoms with E-state index in [1.165, 1.54) is 28.2 Å². The van der Waals surface area contributed by atoms with Crippen molar-refractivity contribution in [2.24, 2.45) is 0 Å². The van der Waals surface area contributed by atoms with Crippen molar-refractivity contribution in [2.45, 2.75) is 25.0 Å². The lowest BCUT2D eigenvalue weighted by atomic mass is 10.1. The minimum absolute atomic E-state index is 0.344. The Morgan fingerprint density at radius 1 is 1.04 bits per heavy atom. The maximum atomic E-state index is 13.1. The van der Waals surface area contributed by atoms with Gasteiger partial charge in [-0.1, -0.05) is 12.1 Å². The van der Waals surface area contributed by atoms with Gasteiger partial charge in [0.05, 0.1) is 11.1 Å². The lowest BCUT2D eigenvalue weighted by molar-refractivity contribution is 0.385. The second-order valence-corrected chi connectivity index (χ2v) is 10.3. The number of hydrogen-bond acceptors (Lipinski definition) is 6. The van der Waals surface area contributed by atoms with Crippen LogP contribution < -0.4 is 4.90 Å². The zero-order valence-corrected chi connectivity index (χ0v) is 17.8. The van der Waals surface area contributed by atoms with Gasteiger partial charge in [0.15, 0.2) is 11.7 Å². The number of oxazole rings is 1. The zero-order chi connectivity index (χ0) is 19.9. The number of thiophene rings is 1. The lowest BCUT2D eigenvalue weighted by Crippen LogP contribution is -2.48. The van der Waals surface area contributed by atoms with Gasteiger partial charge in [0.2, 0.25) is 0 Å². The van der Waals surface area contributed by atoms with Gasteiger partial charge in [-0.25, -0.2) is 13.4 Å². The molecule has 4 rings (SSSR count). The molecule has 28 heavy (non-hydrogen) atoms. The van der Waals surface area contributed by atoms with E-state index in [2.05, 4.69) is 41.9 Å². The van der Waals surface area contributed by atoms with Crippen molar-refractivity contribution in [1.82, 2.24) is 9.29 Å². The molecule has 0 atom stereocenters. The molecule has 0 bridgehead atoms. The number of nitrogens with zero attached hydrogens (tertiary/aromatic N) is 3. The molecule has 1 saturated heterocycles. The van der Waals surface area contributed by atoms with Gasteiger partial charge in [-0.2, -0.15) is 4.31 Å². The third-order valence-electron chi connectivity index (χ3n) is 4.98. The summed E-state index contributed by atoms with van der Waals surface area (Å²) in [7, 11) is -3.50. The predicted molar refractivity (Wildman–Crippen MR) is 111 cm³/mol. The Bertz CT molecular complexity index is 1090. The summed E-state index contributed by atoms with van der Waals surface area (Å²) in [6.07, 6.45) is 1.63. The molecule has 1 fully saturated rings. The van der Waals surface area contributed by atoms with Crippen LogP contribution in [0.3, 0.4) is 0 Å². The van der Waals surface area contributed by atoms with Crippen molar-refractivity contribution >= 4 is 27.0 Å². The smallest absolute Gasteiger partial charge is 0.252 e. The summed E-state index contributed by atoms with van der Waals surface area (Å²) >= 11 is 1.22. The van der Waals surface area contributed by atoms with Crippen LogP contribution in [0.25, 0.3) is 10.6 Å². The first kappa shape index (κ1) is 19.2. The fourth-order valence-electron chi connectivity index (χ4n) is 3.42. The van der Waals surface area contributed by atoms with Gasteiger partial charge < -0.3 is 9.32 Å². The summed E-state index contributed by atoms with van der Waals surface area (Å²) in [4.78, 5) is 7.12. The molecule has 0 radical (unpaired) electrons. The van der Waals surface area contributed by atoms with Gasteiger partial charge in [-0.05, 0) is 43.2 Å². The van der Waals surface area contributed by atoms with Crippen LogP contribution in [-0.4, -0.2) is 43.9 Å². The third-order valence-corrected chi connectivity index (χ3v) is 8.45. The largest absolute Gasteiger partial charge is 0.440 e. The van der Waals surface area contributed by atoms with E-state index in [-0.39, 0.29) is 0 Å². The molecule has 3 aromatic rings. The van der Waals surface area contributed by atoms with Gasteiger partial charge in [0.1, 0.15) is 4.21 Å². The highest BCUT2D eigenvalue weighted by atomic mass is 32.2. The molecular formula is C20H23N3O3S2. The fourth-order valence-corrected chi connectivity index (χ4v) is 6.25. The van der Waals surface area contributed by atoms with Crippen LogP contribution in [0.1, 0.15) is 17.0 Å². The van der Waals surface area contributed by atoms with Gasteiger partial charge in [-0.3, -0.25) is 0 Å². The summed E-state index contributed by atoms with van der Waals surface area (Å²) in [5, 5.41) is 0. The second kappa shape index (κ2) is 7.35. The summed E-state index contributed by atoms with van der Waals surface area (Å²) in [6, 6.07) is 9.83. The van der Waals surface area contributed by atoms with Crippen molar-refractivity contribution in [2.75, 3.05) is 31.1 Å². The van der Waals surface area contributed by atoms with E-state index in [1.807, 2.05) is 0 Å². The molecule has 148 valence electrons. The second-order valence-electron chi connectivity index (χ2n) is 7.04. The predicted octanol–water partition coefficient (Wildman–Crippen LogP) is 3.84. The van der Waals surface area contributed by atoms with E-state index in [0.717, 1.165) is 4.88 Å². The molecule has 0 amide bonds. The van der Waals surface area contributed by atoms with Gasteiger partial charge in [0.25, 0.3) is 10.0 Å². The molecule has 8 heteroatoms. The highest BCUT2D eigenvalue weighted by Crippen LogP contribution is 2.33. The SMILES string of the molecule is Cc1ccc(C)c(N2CCN(S(=O)(=O)c3ccc(-c4cnc(C)o4)s3)CC2)c1. The zero-order valence-electron chi connectivity index (χ0n) is 16.2. The highest BCUT2D eigenvalue weighted by molar-refractivity contribution is 7.91. The number of anilines is 1. The van der Waals surface area contributed by atoms with Gasteiger partial charge in [-0.15, -0.1) is 11.3 Å². The molecule has 0 saturated carbocycles. The molecule has 1 aliphatic rings. The highest BCUT2D eigenvalue weighted by Gasteiger charge is 2.30. The van der Waals surface area contributed by atoms with Crippen LogP contribution in [0, 0.1) is 20.8 Å². The monoisotopic (exact) mass is 417 g/mol. The van der Waals surface area contributed by atoms with Crippen LogP contribution >= 0.6 is 11.3 Å². The minimum Gasteiger partial charge on any atom is -0.440 e. The standard InChI is InChI=1S/C20H23N3O3S2/c1-14-4-5-15(2)17(12-14)22-8-10-23(11-9-22)28(24,25)20-7-6-19(27-20)18-13-21-16(3)26-18/h4-7,12-13H,8-11H2,1-3H3. The summed E-state index contributed by atoms with van der Waals surface area (Å²) in [5.41, 5.74) is 3.62. The van der Waals surface area contributed by atoms with E-state index >= 15 is 0 Å². The molecule has 6 nitrogen and oxygen atoms in total. The minimum atomic E-state index is -3.50. The summed E-state index contributed by atoms with van der Waals surface area (Å²) in [6.45, 7) is 8.26. The first-order valence-corrected chi connectivity index (χ1v) is 11.5. The fraction of sp³-hybridized carbons (Fsp3) is 0.350. The number of sulfonamides is 1. The quantitative estimate of drug-likeness (QED) is 0.645. The van der Waals surface area contributed by atoms with E-state index in [1.54, 1.807) is 29.6 Å². The topological polar surface area (TPSA) is 66.7 Å². The van der Waals surface area contributed by atoms with Crippen molar-refractivity contribution in [3.05, 3.63) is 53.5 Å². The molecule has 0 aliphatic carbocycles. The number of hydrogen-bond donors (Lipinski definition) is 0. The van der Waals surface area contributed by atoms with Crippen LogP contribution in [0.4, 0.5) is 5.69 Å². The van der Waals surface area contributed by atoms with E-state index < -0.39 is 10.0 Å². The van der Waals surface area contributed by atoms with Crippen LogP contribution in [0.5, 0.6) is 0 Å².